The Bertz CT molecular complexity index is 786. The van der Waals surface area contributed by atoms with Crippen molar-refractivity contribution < 1.29 is 19.5 Å². The Morgan fingerprint density at radius 3 is 2.30 bits per heavy atom. The van der Waals surface area contributed by atoms with Gasteiger partial charge in [-0.25, -0.2) is 0 Å². The predicted molar refractivity (Wildman–Crippen MR) is 121 cm³/mol. The molecule has 0 aliphatic carbocycles. The fraction of sp³-hybridized carbons (Fsp3) is 0.400. The van der Waals surface area contributed by atoms with Crippen molar-refractivity contribution in [1.29, 1.82) is 0 Å². The first-order chi connectivity index (χ1) is 13.6. The van der Waals surface area contributed by atoms with Gasteiger partial charge in [-0.05, 0) is 24.3 Å². The standard InChI is InChI=1S/C20H25N3O5.2ClH/c1-27-20-5-3-2-4-19(20)22-12-10-21(11-13-22)14-17(24)15-28-18-8-6-16(7-9-18)23(25)26;;/h2-9,17,24H,10-15H2,1H3;2*1H. The van der Waals surface area contributed by atoms with Gasteiger partial charge in [0, 0.05) is 44.9 Å². The van der Waals surface area contributed by atoms with E-state index in [9.17, 15) is 15.2 Å². The van der Waals surface area contributed by atoms with Crippen LogP contribution in [0.15, 0.2) is 48.5 Å². The molecule has 0 aromatic heterocycles. The Kier molecular flexibility index (Phi) is 10.7. The smallest absolute Gasteiger partial charge is 0.269 e. The summed E-state index contributed by atoms with van der Waals surface area (Å²) in [5.41, 5.74) is 1.10. The molecular weight excluding hydrogens is 433 g/mol. The summed E-state index contributed by atoms with van der Waals surface area (Å²) >= 11 is 0. The molecule has 0 bridgehead atoms. The molecule has 1 unspecified atom stereocenters. The van der Waals surface area contributed by atoms with Crippen molar-refractivity contribution in [2.24, 2.45) is 0 Å². The number of aliphatic hydroxyl groups is 1. The number of nitrogens with zero attached hydrogens (tertiary/aromatic N) is 3. The second-order valence-electron chi connectivity index (χ2n) is 6.68. The number of halogens is 2. The number of para-hydroxylation sites is 2. The highest BCUT2D eigenvalue weighted by Gasteiger charge is 2.21. The van der Waals surface area contributed by atoms with Crippen LogP contribution in [0.5, 0.6) is 11.5 Å². The summed E-state index contributed by atoms with van der Waals surface area (Å²) in [5, 5.41) is 20.9. The van der Waals surface area contributed by atoms with Gasteiger partial charge in [0.1, 0.15) is 24.2 Å². The van der Waals surface area contributed by atoms with Crippen LogP contribution in [-0.4, -0.2) is 67.5 Å². The number of piperazine rings is 1. The van der Waals surface area contributed by atoms with Gasteiger partial charge in [0.25, 0.3) is 5.69 Å². The summed E-state index contributed by atoms with van der Waals surface area (Å²) in [6.45, 7) is 4.06. The largest absolute Gasteiger partial charge is 0.495 e. The zero-order valence-electron chi connectivity index (χ0n) is 16.7. The van der Waals surface area contributed by atoms with Crippen LogP contribution in [-0.2, 0) is 0 Å². The van der Waals surface area contributed by atoms with Gasteiger partial charge in [-0.2, -0.15) is 0 Å². The fourth-order valence-corrected chi connectivity index (χ4v) is 3.27. The molecule has 0 saturated carbocycles. The van der Waals surface area contributed by atoms with Crippen LogP contribution >= 0.6 is 24.8 Å². The number of methoxy groups -OCH3 is 1. The Balaban J connectivity index is 0.00000225. The molecule has 1 saturated heterocycles. The van der Waals surface area contributed by atoms with Gasteiger partial charge in [-0.15, -0.1) is 24.8 Å². The lowest BCUT2D eigenvalue weighted by Crippen LogP contribution is -2.49. The quantitative estimate of drug-likeness (QED) is 0.479. The molecule has 10 heteroatoms. The Hall–Kier alpha value is -2.26. The van der Waals surface area contributed by atoms with Gasteiger partial charge in [0.05, 0.1) is 17.7 Å². The third-order valence-electron chi connectivity index (χ3n) is 4.76. The molecule has 1 heterocycles. The normalized spacial score (nSPS) is 14.8. The molecule has 8 nitrogen and oxygen atoms in total. The number of nitro groups is 1. The minimum atomic E-state index is -0.631. The number of aliphatic hydroxyl groups excluding tert-OH is 1. The number of ether oxygens (including phenoxy) is 2. The van der Waals surface area contributed by atoms with E-state index >= 15 is 0 Å². The second kappa shape index (κ2) is 12.4. The van der Waals surface area contributed by atoms with Gasteiger partial charge in [-0.3, -0.25) is 15.0 Å². The summed E-state index contributed by atoms with van der Waals surface area (Å²) < 4.78 is 11.0. The zero-order chi connectivity index (χ0) is 19.9. The maximum Gasteiger partial charge on any atom is 0.269 e. The van der Waals surface area contributed by atoms with E-state index in [1.54, 1.807) is 7.11 Å². The van der Waals surface area contributed by atoms with Crippen molar-refractivity contribution in [3.05, 3.63) is 58.6 Å². The van der Waals surface area contributed by atoms with E-state index in [4.69, 9.17) is 9.47 Å². The number of anilines is 1. The topological polar surface area (TPSA) is 88.3 Å². The molecule has 1 aliphatic rings. The lowest BCUT2D eigenvalue weighted by molar-refractivity contribution is -0.384. The second-order valence-corrected chi connectivity index (χ2v) is 6.68. The Labute approximate surface area is 188 Å². The summed E-state index contributed by atoms with van der Waals surface area (Å²) in [4.78, 5) is 14.7. The van der Waals surface area contributed by atoms with Gasteiger partial charge in [-0.1, -0.05) is 12.1 Å². The van der Waals surface area contributed by atoms with Crippen molar-refractivity contribution in [3.8, 4) is 11.5 Å². The lowest BCUT2D eigenvalue weighted by atomic mass is 10.2. The van der Waals surface area contributed by atoms with Crippen LogP contribution in [0, 0.1) is 10.1 Å². The molecule has 1 aliphatic heterocycles. The first kappa shape index (κ1) is 25.8. The summed E-state index contributed by atoms with van der Waals surface area (Å²) in [6, 6.07) is 13.8. The number of nitro benzene ring substituents is 1. The lowest BCUT2D eigenvalue weighted by Gasteiger charge is -2.37. The maximum absolute atomic E-state index is 10.7. The molecule has 2 aromatic rings. The number of non-ortho nitro benzene ring substituents is 1. The van der Waals surface area contributed by atoms with E-state index in [1.807, 2.05) is 18.2 Å². The van der Waals surface area contributed by atoms with E-state index in [-0.39, 0.29) is 37.1 Å². The minimum absolute atomic E-state index is 0. The molecule has 2 aromatic carbocycles. The molecule has 166 valence electrons. The van der Waals surface area contributed by atoms with E-state index in [0.717, 1.165) is 37.6 Å². The van der Waals surface area contributed by atoms with Crippen LogP contribution in [0.4, 0.5) is 11.4 Å². The highest BCUT2D eigenvalue weighted by atomic mass is 35.5. The van der Waals surface area contributed by atoms with Crippen molar-refractivity contribution >= 4 is 36.2 Å². The predicted octanol–water partition coefficient (Wildman–Crippen LogP) is 3.01. The van der Waals surface area contributed by atoms with Gasteiger partial charge in [0.15, 0.2) is 0 Å². The molecule has 0 amide bonds. The molecule has 0 radical (unpaired) electrons. The van der Waals surface area contributed by atoms with E-state index < -0.39 is 11.0 Å². The average Bonchev–Trinajstić information content (AvgIpc) is 2.73. The first-order valence-corrected chi connectivity index (χ1v) is 9.22. The zero-order valence-corrected chi connectivity index (χ0v) is 18.3. The van der Waals surface area contributed by atoms with Crippen molar-refractivity contribution in [1.82, 2.24) is 4.90 Å². The number of benzene rings is 2. The molecule has 0 spiro atoms. The van der Waals surface area contributed by atoms with E-state index in [0.29, 0.717) is 12.3 Å². The van der Waals surface area contributed by atoms with Crippen molar-refractivity contribution in [3.63, 3.8) is 0 Å². The number of rotatable bonds is 8. The molecule has 1 N–H and O–H groups in total. The van der Waals surface area contributed by atoms with Crippen LogP contribution in [0.2, 0.25) is 0 Å². The van der Waals surface area contributed by atoms with Crippen molar-refractivity contribution in [2.75, 3.05) is 51.3 Å². The Morgan fingerprint density at radius 1 is 1.07 bits per heavy atom. The third kappa shape index (κ3) is 6.91. The molecule has 30 heavy (non-hydrogen) atoms. The summed E-state index contributed by atoms with van der Waals surface area (Å²) in [7, 11) is 1.68. The third-order valence-corrected chi connectivity index (χ3v) is 4.76. The SMILES string of the molecule is COc1ccccc1N1CCN(CC(O)COc2ccc([N+](=O)[O-])cc2)CC1.Cl.Cl. The average molecular weight is 460 g/mol. The molecule has 1 fully saturated rings. The van der Waals surface area contributed by atoms with E-state index in [2.05, 4.69) is 15.9 Å². The van der Waals surface area contributed by atoms with Crippen LogP contribution in [0.25, 0.3) is 0 Å². The molecular formula is C20H27Cl2N3O5. The van der Waals surface area contributed by atoms with Crippen LogP contribution < -0.4 is 14.4 Å². The first-order valence-electron chi connectivity index (χ1n) is 9.22. The monoisotopic (exact) mass is 459 g/mol. The van der Waals surface area contributed by atoms with Crippen LogP contribution in [0.3, 0.4) is 0 Å². The summed E-state index contributed by atoms with van der Waals surface area (Å²) in [6.07, 6.45) is -0.631. The fourth-order valence-electron chi connectivity index (χ4n) is 3.27. The van der Waals surface area contributed by atoms with Crippen molar-refractivity contribution in [2.45, 2.75) is 6.10 Å². The highest BCUT2D eigenvalue weighted by Crippen LogP contribution is 2.28. The van der Waals surface area contributed by atoms with Gasteiger partial charge >= 0.3 is 0 Å². The van der Waals surface area contributed by atoms with Gasteiger partial charge < -0.3 is 19.5 Å². The maximum atomic E-state index is 10.7. The Morgan fingerprint density at radius 2 is 1.70 bits per heavy atom. The number of β-amino-alcohol motifs (C(OH)–C–C–N with tert-alkyl or cyclic N) is 1. The van der Waals surface area contributed by atoms with E-state index in [1.165, 1.54) is 24.3 Å². The number of hydrogen-bond donors (Lipinski definition) is 1. The molecule has 1 atom stereocenters. The van der Waals surface area contributed by atoms with Gasteiger partial charge in [0.2, 0.25) is 0 Å². The molecule has 3 rings (SSSR count). The van der Waals surface area contributed by atoms with Crippen LogP contribution in [0.1, 0.15) is 0 Å². The summed E-state index contributed by atoms with van der Waals surface area (Å²) in [5.74, 6) is 1.37. The number of hydrogen-bond acceptors (Lipinski definition) is 7. The minimum Gasteiger partial charge on any atom is -0.495 e. The highest BCUT2D eigenvalue weighted by molar-refractivity contribution is 5.85.